The molecule has 1 aliphatic rings. The predicted molar refractivity (Wildman–Crippen MR) is 90.8 cm³/mol. The molecule has 1 saturated heterocycles. The second-order valence-corrected chi connectivity index (χ2v) is 6.75. The molecule has 0 spiro atoms. The lowest BCUT2D eigenvalue weighted by Crippen LogP contribution is -2.28. The molecular formula is C18H31N3. The van der Waals surface area contributed by atoms with E-state index in [4.69, 9.17) is 4.98 Å². The van der Waals surface area contributed by atoms with Crippen molar-refractivity contribution in [3.05, 3.63) is 23.4 Å². The Morgan fingerprint density at radius 1 is 1.10 bits per heavy atom. The Kier molecular flexibility index (Phi) is 6.50. The zero-order valence-electron chi connectivity index (χ0n) is 14.0. The van der Waals surface area contributed by atoms with Gasteiger partial charge in [0.25, 0.3) is 0 Å². The summed E-state index contributed by atoms with van der Waals surface area (Å²) in [6.07, 6.45) is 6.74. The van der Waals surface area contributed by atoms with Gasteiger partial charge in [-0.3, -0.25) is 0 Å². The van der Waals surface area contributed by atoms with Crippen LogP contribution in [-0.2, 0) is 6.54 Å². The smallest absolute Gasteiger partial charge is 0.129 e. The number of aromatic nitrogens is 1. The van der Waals surface area contributed by atoms with Crippen molar-refractivity contribution in [3.63, 3.8) is 0 Å². The van der Waals surface area contributed by atoms with Gasteiger partial charge in [-0.05, 0) is 49.9 Å². The average Bonchev–Trinajstić information content (AvgIpc) is 2.37. The Balaban J connectivity index is 2.02. The van der Waals surface area contributed by atoms with Crippen molar-refractivity contribution in [1.29, 1.82) is 0 Å². The topological polar surface area (TPSA) is 28.2 Å². The van der Waals surface area contributed by atoms with Crippen molar-refractivity contribution in [2.24, 2.45) is 5.92 Å². The van der Waals surface area contributed by atoms with Crippen LogP contribution < -0.4 is 10.2 Å². The summed E-state index contributed by atoms with van der Waals surface area (Å²) in [4.78, 5) is 7.26. The van der Waals surface area contributed by atoms with Crippen molar-refractivity contribution in [1.82, 2.24) is 10.3 Å². The quantitative estimate of drug-likeness (QED) is 0.891. The van der Waals surface area contributed by atoms with E-state index in [0.29, 0.717) is 5.92 Å². The number of aryl methyl sites for hydroxylation is 1. The molecule has 118 valence electrons. The number of pyridine rings is 1. The van der Waals surface area contributed by atoms with E-state index < -0.39 is 0 Å². The van der Waals surface area contributed by atoms with Gasteiger partial charge in [-0.15, -0.1) is 0 Å². The van der Waals surface area contributed by atoms with Gasteiger partial charge in [-0.25, -0.2) is 4.98 Å². The maximum Gasteiger partial charge on any atom is 0.129 e. The maximum absolute atomic E-state index is 4.77. The van der Waals surface area contributed by atoms with Gasteiger partial charge in [0.1, 0.15) is 5.82 Å². The highest BCUT2D eigenvalue weighted by Gasteiger charge is 2.11. The summed E-state index contributed by atoms with van der Waals surface area (Å²) < 4.78 is 0. The van der Waals surface area contributed by atoms with Crippen LogP contribution in [0.25, 0.3) is 0 Å². The van der Waals surface area contributed by atoms with Gasteiger partial charge in [-0.1, -0.05) is 33.1 Å². The highest BCUT2D eigenvalue weighted by atomic mass is 15.2. The summed E-state index contributed by atoms with van der Waals surface area (Å²) >= 11 is 0. The monoisotopic (exact) mass is 289 g/mol. The molecule has 0 atom stereocenters. The fourth-order valence-corrected chi connectivity index (χ4v) is 2.97. The molecule has 21 heavy (non-hydrogen) atoms. The Labute approximate surface area is 130 Å². The SMILES string of the molecule is Cc1cc(CNCC(C)C)cc(N2CCCCCCC2)n1. The van der Waals surface area contributed by atoms with Gasteiger partial charge in [0, 0.05) is 25.3 Å². The Morgan fingerprint density at radius 2 is 1.76 bits per heavy atom. The van der Waals surface area contributed by atoms with Crippen LogP contribution in [0.2, 0.25) is 0 Å². The Bertz CT molecular complexity index is 420. The van der Waals surface area contributed by atoms with Crippen LogP contribution >= 0.6 is 0 Å². The number of rotatable bonds is 5. The number of anilines is 1. The molecule has 0 saturated carbocycles. The number of nitrogens with zero attached hydrogens (tertiary/aromatic N) is 2. The van der Waals surface area contributed by atoms with Crippen molar-refractivity contribution in [2.45, 2.75) is 59.4 Å². The second-order valence-electron chi connectivity index (χ2n) is 6.75. The summed E-state index contributed by atoms with van der Waals surface area (Å²) in [5, 5.41) is 3.53. The molecule has 0 amide bonds. The first-order valence-electron chi connectivity index (χ1n) is 8.58. The molecule has 1 aliphatic heterocycles. The molecule has 0 unspecified atom stereocenters. The molecule has 3 heteroatoms. The molecule has 2 rings (SSSR count). The van der Waals surface area contributed by atoms with Gasteiger partial charge < -0.3 is 10.2 Å². The minimum absolute atomic E-state index is 0.696. The lowest BCUT2D eigenvalue weighted by atomic mass is 10.1. The highest BCUT2D eigenvalue weighted by molar-refractivity contribution is 5.42. The van der Waals surface area contributed by atoms with Gasteiger partial charge in [-0.2, -0.15) is 0 Å². The minimum Gasteiger partial charge on any atom is -0.357 e. The first kappa shape index (κ1) is 16.3. The van der Waals surface area contributed by atoms with Gasteiger partial charge in [0.05, 0.1) is 0 Å². The Hall–Kier alpha value is -1.09. The van der Waals surface area contributed by atoms with E-state index in [1.807, 2.05) is 0 Å². The average molecular weight is 289 g/mol. The van der Waals surface area contributed by atoms with E-state index in [9.17, 15) is 0 Å². The third-order valence-corrected chi connectivity index (χ3v) is 4.06. The van der Waals surface area contributed by atoms with Crippen LogP contribution in [0.1, 0.15) is 57.2 Å². The van der Waals surface area contributed by atoms with Crippen LogP contribution in [0.4, 0.5) is 5.82 Å². The molecule has 1 fully saturated rings. The number of hydrogen-bond donors (Lipinski definition) is 1. The zero-order chi connectivity index (χ0) is 15.1. The largest absolute Gasteiger partial charge is 0.357 e. The molecule has 2 heterocycles. The molecule has 0 aliphatic carbocycles. The van der Waals surface area contributed by atoms with E-state index in [-0.39, 0.29) is 0 Å². The minimum atomic E-state index is 0.696. The third-order valence-electron chi connectivity index (χ3n) is 4.06. The van der Waals surface area contributed by atoms with Crippen molar-refractivity contribution >= 4 is 5.82 Å². The van der Waals surface area contributed by atoms with Crippen molar-refractivity contribution in [3.8, 4) is 0 Å². The van der Waals surface area contributed by atoms with Gasteiger partial charge in [0.2, 0.25) is 0 Å². The third kappa shape index (κ3) is 5.66. The fourth-order valence-electron chi connectivity index (χ4n) is 2.97. The summed E-state index contributed by atoms with van der Waals surface area (Å²) in [6.45, 7) is 10.9. The highest BCUT2D eigenvalue weighted by Crippen LogP contribution is 2.19. The summed E-state index contributed by atoms with van der Waals surface area (Å²) in [5.74, 6) is 1.88. The number of nitrogens with one attached hydrogen (secondary N) is 1. The van der Waals surface area contributed by atoms with E-state index in [1.165, 1.54) is 43.5 Å². The maximum atomic E-state index is 4.77. The Morgan fingerprint density at radius 3 is 2.43 bits per heavy atom. The van der Waals surface area contributed by atoms with Crippen molar-refractivity contribution < 1.29 is 0 Å². The number of hydrogen-bond acceptors (Lipinski definition) is 3. The van der Waals surface area contributed by atoms with E-state index >= 15 is 0 Å². The lowest BCUT2D eigenvalue weighted by Gasteiger charge is -2.26. The predicted octanol–water partition coefficient (Wildman–Crippen LogP) is 3.91. The van der Waals surface area contributed by atoms with Crippen LogP contribution in [0.3, 0.4) is 0 Å². The zero-order valence-corrected chi connectivity index (χ0v) is 14.0. The van der Waals surface area contributed by atoms with Crippen LogP contribution in [0, 0.1) is 12.8 Å². The molecular weight excluding hydrogens is 258 g/mol. The van der Waals surface area contributed by atoms with Crippen molar-refractivity contribution in [2.75, 3.05) is 24.5 Å². The lowest BCUT2D eigenvalue weighted by molar-refractivity contribution is 0.548. The van der Waals surface area contributed by atoms with Gasteiger partial charge in [0.15, 0.2) is 0 Å². The molecule has 0 bridgehead atoms. The summed E-state index contributed by atoms with van der Waals surface area (Å²) in [7, 11) is 0. The van der Waals surface area contributed by atoms with Crippen LogP contribution in [-0.4, -0.2) is 24.6 Å². The van der Waals surface area contributed by atoms with Crippen LogP contribution in [0.5, 0.6) is 0 Å². The van der Waals surface area contributed by atoms with E-state index in [0.717, 1.165) is 31.9 Å². The molecule has 1 aromatic heterocycles. The summed E-state index contributed by atoms with van der Waals surface area (Å²) in [6, 6.07) is 4.49. The molecule has 1 aromatic rings. The second kappa shape index (κ2) is 8.38. The molecule has 1 N–H and O–H groups in total. The first-order valence-corrected chi connectivity index (χ1v) is 8.58. The van der Waals surface area contributed by atoms with E-state index in [2.05, 4.69) is 43.1 Å². The van der Waals surface area contributed by atoms with E-state index in [1.54, 1.807) is 0 Å². The summed E-state index contributed by atoms with van der Waals surface area (Å²) in [5.41, 5.74) is 2.50. The molecule has 3 nitrogen and oxygen atoms in total. The normalized spacial score (nSPS) is 16.9. The fraction of sp³-hybridized carbons (Fsp3) is 0.722. The van der Waals surface area contributed by atoms with Crippen LogP contribution in [0.15, 0.2) is 12.1 Å². The first-order chi connectivity index (χ1) is 10.1. The molecule has 0 radical (unpaired) electrons. The standard InChI is InChI=1S/C18H31N3/c1-15(2)13-19-14-17-11-16(3)20-18(12-17)21-9-7-5-4-6-8-10-21/h11-12,15,19H,4-10,13-14H2,1-3H3. The van der Waals surface area contributed by atoms with Gasteiger partial charge >= 0.3 is 0 Å². The molecule has 0 aromatic carbocycles.